The lowest BCUT2D eigenvalue weighted by molar-refractivity contribution is -0.124. The number of likely N-dealkylation sites (tertiary alicyclic amines) is 1. The zero-order valence-corrected chi connectivity index (χ0v) is 12.9. The second-order valence-electron chi connectivity index (χ2n) is 7.28. The third kappa shape index (κ3) is 3.40. The van der Waals surface area contributed by atoms with Crippen molar-refractivity contribution in [3.8, 4) is 6.07 Å². The number of hydrogen-bond donors (Lipinski definition) is 1. The minimum Gasteiger partial charge on any atom is -0.337 e. The second kappa shape index (κ2) is 6.36. The van der Waals surface area contributed by atoms with Gasteiger partial charge >= 0.3 is 0 Å². The Bertz CT molecular complexity index is 422. The van der Waals surface area contributed by atoms with Crippen LogP contribution in [0.2, 0.25) is 0 Å². The summed E-state index contributed by atoms with van der Waals surface area (Å²) in [5.41, 5.74) is -0.569. The lowest BCUT2D eigenvalue weighted by Crippen LogP contribution is -2.51. The Balaban J connectivity index is 1.50. The molecule has 1 aliphatic heterocycles. The monoisotopic (exact) mass is 289 g/mol. The first-order valence-electron chi connectivity index (χ1n) is 8.65. The fourth-order valence-electron chi connectivity index (χ4n) is 4.57. The van der Waals surface area contributed by atoms with Gasteiger partial charge in [0, 0.05) is 6.54 Å². The van der Waals surface area contributed by atoms with E-state index in [0.717, 1.165) is 50.6 Å². The molecule has 0 aromatic heterocycles. The van der Waals surface area contributed by atoms with Crippen LogP contribution < -0.4 is 5.32 Å². The van der Waals surface area contributed by atoms with E-state index in [-0.39, 0.29) is 5.91 Å². The van der Waals surface area contributed by atoms with Gasteiger partial charge in [-0.1, -0.05) is 19.3 Å². The summed E-state index contributed by atoms with van der Waals surface area (Å²) in [4.78, 5) is 14.6. The van der Waals surface area contributed by atoms with Gasteiger partial charge in [0.1, 0.15) is 5.54 Å². The number of amides is 1. The summed E-state index contributed by atoms with van der Waals surface area (Å²) >= 11 is 0. The fraction of sp³-hybridized carbons (Fsp3) is 0.882. The molecule has 0 aromatic rings. The van der Waals surface area contributed by atoms with Crippen LogP contribution in [-0.2, 0) is 4.79 Å². The standard InChI is InChI=1S/C17H27N3O/c18-13-17(8-3-4-9-17)19-16(21)12-20-10-7-14-5-1-2-6-15(14)11-20/h14-15H,1-12H2,(H,19,21)/t14-,15-/m0/s1. The molecular weight excluding hydrogens is 262 g/mol. The van der Waals surface area contributed by atoms with Gasteiger partial charge in [0.15, 0.2) is 0 Å². The summed E-state index contributed by atoms with van der Waals surface area (Å²) in [6.45, 7) is 2.61. The molecule has 2 saturated carbocycles. The highest BCUT2D eigenvalue weighted by Gasteiger charge is 2.36. The Morgan fingerprint density at radius 2 is 1.86 bits per heavy atom. The highest BCUT2D eigenvalue weighted by atomic mass is 16.2. The first kappa shape index (κ1) is 14.8. The second-order valence-corrected chi connectivity index (χ2v) is 7.28. The van der Waals surface area contributed by atoms with Crippen LogP contribution in [0.3, 0.4) is 0 Å². The zero-order valence-electron chi connectivity index (χ0n) is 12.9. The number of hydrogen-bond acceptors (Lipinski definition) is 3. The number of carbonyl (C=O) groups is 1. The van der Waals surface area contributed by atoms with Crippen LogP contribution in [0, 0.1) is 23.2 Å². The highest BCUT2D eigenvalue weighted by Crippen LogP contribution is 2.36. The van der Waals surface area contributed by atoms with Gasteiger partial charge in [0.05, 0.1) is 12.6 Å². The number of nitrogens with one attached hydrogen (secondary N) is 1. The van der Waals surface area contributed by atoms with Crippen LogP contribution in [0.25, 0.3) is 0 Å². The number of piperidine rings is 1. The van der Waals surface area contributed by atoms with Crippen molar-refractivity contribution in [1.82, 2.24) is 10.2 Å². The van der Waals surface area contributed by atoms with Gasteiger partial charge in [0.2, 0.25) is 5.91 Å². The van der Waals surface area contributed by atoms with Gasteiger partial charge in [-0.25, -0.2) is 0 Å². The SMILES string of the molecule is N#CC1(NC(=O)CN2CC[C@@H]3CCCC[C@H]3C2)CCCC1. The maximum Gasteiger partial charge on any atom is 0.235 e. The molecular formula is C17H27N3O. The van der Waals surface area contributed by atoms with Crippen molar-refractivity contribution >= 4 is 5.91 Å². The van der Waals surface area contributed by atoms with Crippen LogP contribution in [0.5, 0.6) is 0 Å². The molecule has 0 radical (unpaired) electrons. The number of nitrogens with zero attached hydrogens (tertiary/aromatic N) is 2. The minimum atomic E-state index is -0.569. The maximum absolute atomic E-state index is 12.3. The summed E-state index contributed by atoms with van der Waals surface area (Å²) in [6.07, 6.45) is 10.5. The Morgan fingerprint density at radius 3 is 2.57 bits per heavy atom. The van der Waals surface area contributed by atoms with Gasteiger partial charge in [0.25, 0.3) is 0 Å². The Morgan fingerprint density at radius 1 is 1.14 bits per heavy atom. The molecule has 0 bridgehead atoms. The molecule has 1 N–H and O–H groups in total. The number of fused-ring (bicyclic) bond motifs is 1. The smallest absolute Gasteiger partial charge is 0.235 e. The van der Waals surface area contributed by atoms with Crippen molar-refractivity contribution in [3.63, 3.8) is 0 Å². The average molecular weight is 289 g/mol. The van der Waals surface area contributed by atoms with Crippen molar-refractivity contribution in [3.05, 3.63) is 0 Å². The average Bonchev–Trinajstić information content (AvgIpc) is 2.96. The van der Waals surface area contributed by atoms with E-state index in [1.807, 2.05) is 0 Å². The number of nitriles is 1. The Kier molecular flexibility index (Phi) is 4.49. The molecule has 1 amide bonds. The van der Waals surface area contributed by atoms with Crippen LogP contribution in [0.15, 0.2) is 0 Å². The number of carbonyl (C=O) groups excluding carboxylic acids is 1. The molecule has 4 heteroatoms. The fourth-order valence-corrected chi connectivity index (χ4v) is 4.57. The van der Waals surface area contributed by atoms with E-state index in [9.17, 15) is 10.1 Å². The normalized spacial score (nSPS) is 32.1. The third-order valence-electron chi connectivity index (χ3n) is 5.79. The molecule has 1 saturated heterocycles. The molecule has 3 aliphatic rings. The van der Waals surface area contributed by atoms with E-state index in [0.29, 0.717) is 6.54 Å². The molecule has 2 atom stereocenters. The molecule has 0 spiro atoms. The predicted molar refractivity (Wildman–Crippen MR) is 81.5 cm³/mol. The van der Waals surface area contributed by atoms with E-state index >= 15 is 0 Å². The topological polar surface area (TPSA) is 56.1 Å². The minimum absolute atomic E-state index is 0.0488. The molecule has 3 rings (SSSR count). The Labute approximate surface area is 127 Å². The summed E-state index contributed by atoms with van der Waals surface area (Å²) in [6, 6.07) is 2.34. The van der Waals surface area contributed by atoms with Crippen molar-refractivity contribution in [1.29, 1.82) is 5.26 Å². The van der Waals surface area contributed by atoms with Crippen LogP contribution in [0.4, 0.5) is 0 Å². The van der Waals surface area contributed by atoms with Gasteiger partial charge in [-0.15, -0.1) is 0 Å². The van der Waals surface area contributed by atoms with Gasteiger partial charge < -0.3 is 5.32 Å². The predicted octanol–water partition coefficient (Wildman–Crippen LogP) is 2.45. The molecule has 4 nitrogen and oxygen atoms in total. The highest BCUT2D eigenvalue weighted by molar-refractivity contribution is 5.79. The first-order chi connectivity index (χ1) is 10.2. The third-order valence-corrected chi connectivity index (χ3v) is 5.79. The van der Waals surface area contributed by atoms with E-state index in [1.165, 1.54) is 32.1 Å². The van der Waals surface area contributed by atoms with E-state index in [1.54, 1.807) is 0 Å². The molecule has 2 aliphatic carbocycles. The Hall–Kier alpha value is -1.08. The van der Waals surface area contributed by atoms with Crippen molar-refractivity contribution in [2.75, 3.05) is 19.6 Å². The quantitative estimate of drug-likeness (QED) is 0.868. The van der Waals surface area contributed by atoms with Crippen molar-refractivity contribution < 1.29 is 4.79 Å². The largest absolute Gasteiger partial charge is 0.337 e. The summed E-state index contributed by atoms with van der Waals surface area (Å²) in [5, 5.41) is 12.4. The summed E-state index contributed by atoms with van der Waals surface area (Å²) in [5.74, 6) is 1.75. The first-order valence-corrected chi connectivity index (χ1v) is 8.65. The van der Waals surface area contributed by atoms with Crippen LogP contribution in [-0.4, -0.2) is 36.0 Å². The number of rotatable bonds is 3. The summed E-state index contributed by atoms with van der Waals surface area (Å²) in [7, 11) is 0. The van der Waals surface area contributed by atoms with Gasteiger partial charge in [-0.05, 0) is 56.9 Å². The zero-order chi connectivity index (χ0) is 14.7. The summed E-state index contributed by atoms with van der Waals surface area (Å²) < 4.78 is 0. The van der Waals surface area contributed by atoms with Gasteiger partial charge in [-0.2, -0.15) is 5.26 Å². The lowest BCUT2D eigenvalue weighted by atomic mass is 9.75. The van der Waals surface area contributed by atoms with E-state index in [2.05, 4.69) is 16.3 Å². The van der Waals surface area contributed by atoms with E-state index < -0.39 is 5.54 Å². The molecule has 21 heavy (non-hydrogen) atoms. The van der Waals surface area contributed by atoms with Gasteiger partial charge in [-0.3, -0.25) is 9.69 Å². The van der Waals surface area contributed by atoms with E-state index in [4.69, 9.17) is 0 Å². The molecule has 3 fully saturated rings. The van der Waals surface area contributed by atoms with Crippen molar-refractivity contribution in [2.45, 2.75) is 63.3 Å². The molecule has 0 unspecified atom stereocenters. The van der Waals surface area contributed by atoms with Crippen LogP contribution in [0.1, 0.15) is 57.8 Å². The maximum atomic E-state index is 12.3. The van der Waals surface area contributed by atoms with Crippen LogP contribution >= 0.6 is 0 Å². The molecule has 1 heterocycles. The lowest BCUT2D eigenvalue weighted by Gasteiger charge is -2.41. The molecule has 0 aromatic carbocycles. The molecule has 116 valence electrons. The van der Waals surface area contributed by atoms with Crippen molar-refractivity contribution in [2.24, 2.45) is 11.8 Å².